The van der Waals surface area contributed by atoms with Crippen LogP contribution >= 0.6 is 0 Å². The quantitative estimate of drug-likeness (QED) is 0.604. The third kappa shape index (κ3) is 5.98. The van der Waals surface area contributed by atoms with Crippen LogP contribution in [0.25, 0.3) is 0 Å². The lowest BCUT2D eigenvalue weighted by Crippen LogP contribution is -2.39. The van der Waals surface area contributed by atoms with E-state index < -0.39 is 39.5 Å². The summed E-state index contributed by atoms with van der Waals surface area (Å²) < 4.78 is 52.9. The highest BCUT2D eigenvalue weighted by Crippen LogP contribution is 2.19. The maximum absolute atomic E-state index is 13.6. The van der Waals surface area contributed by atoms with Gasteiger partial charge in [0.25, 0.3) is 5.91 Å². The van der Waals surface area contributed by atoms with Gasteiger partial charge in [-0.1, -0.05) is 19.1 Å². The molecular formula is C19H21F2N3O4S. The van der Waals surface area contributed by atoms with Gasteiger partial charge in [0.2, 0.25) is 15.9 Å². The van der Waals surface area contributed by atoms with Crippen molar-refractivity contribution in [2.24, 2.45) is 0 Å². The molecule has 0 spiro atoms. The molecule has 2 amide bonds. The van der Waals surface area contributed by atoms with E-state index in [0.29, 0.717) is 6.42 Å². The number of benzene rings is 2. The number of hydrogen-bond acceptors (Lipinski definition) is 4. The maximum Gasteiger partial charge on any atom is 0.252 e. The van der Waals surface area contributed by atoms with Crippen LogP contribution in [-0.4, -0.2) is 33.0 Å². The number of likely N-dealkylation sites (N-methyl/N-ethyl adjacent to an activating group) is 1. The first kappa shape index (κ1) is 22.3. The molecule has 0 fully saturated rings. The highest BCUT2D eigenvalue weighted by atomic mass is 32.2. The van der Waals surface area contributed by atoms with Crippen molar-refractivity contribution in [3.05, 3.63) is 65.2 Å². The Balaban J connectivity index is 2.26. The Morgan fingerprint density at radius 1 is 1.07 bits per heavy atom. The zero-order valence-electron chi connectivity index (χ0n) is 15.8. The molecule has 7 nitrogen and oxygen atoms in total. The standard InChI is InChI=1S/C19H21F2N3O4S/c1-3-9-29(27,28)24-14-6-4-5-13(10-14)18(25)23-17(19(26)22-2)12-7-8-15(20)16(21)11-12/h4-8,10-11,17,24H,3,9H2,1-2H3,(H,22,26)(H,23,25). The molecule has 2 rings (SSSR count). The minimum atomic E-state index is -3.54. The van der Waals surface area contributed by atoms with Crippen LogP contribution in [0.2, 0.25) is 0 Å². The van der Waals surface area contributed by atoms with E-state index in [1.807, 2.05) is 0 Å². The summed E-state index contributed by atoms with van der Waals surface area (Å²) in [6.45, 7) is 1.72. The van der Waals surface area contributed by atoms with Gasteiger partial charge in [-0.25, -0.2) is 17.2 Å². The normalized spacial score (nSPS) is 12.1. The Bertz CT molecular complexity index is 1010. The molecule has 3 N–H and O–H groups in total. The van der Waals surface area contributed by atoms with Gasteiger partial charge in [0.15, 0.2) is 11.6 Å². The summed E-state index contributed by atoms with van der Waals surface area (Å²) in [5.41, 5.74) is 0.324. The van der Waals surface area contributed by atoms with Crippen LogP contribution in [0, 0.1) is 11.6 Å². The molecule has 10 heteroatoms. The summed E-state index contributed by atoms with van der Waals surface area (Å²) >= 11 is 0. The van der Waals surface area contributed by atoms with E-state index in [1.165, 1.54) is 37.4 Å². The molecule has 0 aromatic heterocycles. The molecule has 2 aromatic carbocycles. The van der Waals surface area contributed by atoms with Crippen molar-refractivity contribution in [2.45, 2.75) is 19.4 Å². The van der Waals surface area contributed by atoms with Crippen LogP contribution in [0.1, 0.15) is 35.3 Å². The van der Waals surface area contributed by atoms with E-state index in [4.69, 9.17) is 0 Å². The lowest BCUT2D eigenvalue weighted by molar-refractivity contribution is -0.122. The smallest absolute Gasteiger partial charge is 0.252 e. The van der Waals surface area contributed by atoms with Crippen molar-refractivity contribution in [1.82, 2.24) is 10.6 Å². The monoisotopic (exact) mass is 425 g/mol. The van der Waals surface area contributed by atoms with E-state index >= 15 is 0 Å². The van der Waals surface area contributed by atoms with E-state index in [0.717, 1.165) is 12.1 Å². The largest absolute Gasteiger partial charge is 0.357 e. The minimum absolute atomic E-state index is 0.0522. The second kappa shape index (κ2) is 9.46. The predicted molar refractivity (Wildman–Crippen MR) is 105 cm³/mol. The zero-order chi connectivity index (χ0) is 21.6. The highest BCUT2D eigenvalue weighted by Gasteiger charge is 2.24. The summed E-state index contributed by atoms with van der Waals surface area (Å²) in [5.74, 6) is -3.64. The van der Waals surface area contributed by atoms with E-state index in [9.17, 15) is 26.8 Å². The Kier molecular flexibility index (Phi) is 7.27. The summed E-state index contributed by atoms with van der Waals surface area (Å²) in [7, 11) is -2.20. The minimum Gasteiger partial charge on any atom is -0.357 e. The number of hydrogen-bond donors (Lipinski definition) is 3. The lowest BCUT2D eigenvalue weighted by atomic mass is 10.0. The number of sulfonamides is 1. The van der Waals surface area contributed by atoms with Gasteiger partial charge >= 0.3 is 0 Å². The average Bonchev–Trinajstić information content (AvgIpc) is 2.67. The van der Waals surface area contributed by atoms with Gasteiger partial charge < -0.3 is 10.6 Å². The van der Waals surface area contributed by atoms with Crippen molar-refractivity contribution >= 4 is 27.5 Å². The van der Waals surface area contributed by atoms with Crippen molar-refractivity contribution in [3.8, 4) is 0 Å². The van der Waals surface area contributed by atoms with Crippen LogP contribution in [0.3, 0.4) is 0 Å². The fourth-order valence-electron chi connectivity index (χ4n) is 2.57. The van der Waals surface area contributed by atoms with E-state index in [1.54, 1.807) is 6.92 Å². The molecule has 0 aliphatic carbocycles. The number of nitrogens with one attached hydrogen (secondary N) is 3. The molecule has 0 heterocycles. The van der Waals surface area contributed by atoms with Gasteiger partial charge in [-0.3, -0.25) is 14.3 Å². The number of rotatable bonds is 8. The highest BCUT2D eigenvalue weighted by molar-refractivity contribution is 7.92. The van der Waals surface area contributed by atoms with Gasteiger partial charge in [0.05, 0.1) is 5.75 Å². The third-order valence-corrected chi connectivity index (χ3v) is 5.42. The fourth-order valence-corrected chi connectivity index (χ4v) is 3.70. The molecule has 156 valence electrons. The first-order chi connectivity index (χ1) is 13.7. The number of anilines is 1. The van der Waals surface area contributed by atoms with Crippen molar-refractivity contribution in [3.63, 3.8) is 0 Å². The molecule has 2 aromatic rings. The average molecular weight is 425 g/mol. The molecule has 29 heavy (non-hydrogen) atoms. The SMILES string of the molecule is CCCS(=O)(=O)Nc1cccc(C(=O)NC(C(=O)NC)c2ccc(F)c(F)c2)c1. The predicted octanol–water partition coefficient (Wildman–Crippen LogP) is 2.33. The second-order valence-corrected chi connectivity index (χ2v) is 8.04. The van der Waals surface area contributed by atoms with Gasteiger partial charge in [0.1, 0.15) is 6.04 Å². The molecule has 1 atom stereocenters. The Labute approximate surface area is 167 Å². The van der Waals surface area contributed by atoms with Crippen molar-refractivity contribution in [1.29, 1.82) is 0 Å². The van der Waals surface area contributed by atoms with Crippen LogP contribution in [0.4, 0.5) is 14.5 Å². The summed E-state index contributed by atoms with van der Waals surface area (Å²) in [5, 5.41) is 4.79. The van der Waals surface area contributed by atoms with Gasteiger partial charge in [-0.05, 0) is 42.3 Å². The Morgan fingerprint density at radius 2 is 1.79 bits per heavy atom. The lowest BCUT2D eigenvalue weighted by Gasteiger charge is -2.18. The Hall–Kier alpha value is -3.01. The molecule has 0 saturated heterocycles. The molecule has 0 aliphatic heterocycles. The topological polar surface area (TPSA) is 104 Å². The number of amides is 2. The Morgan fingerprint density at radius 3 is 2.41 bits per heavy atom. The fraction of sp³-hybridized carbons (Fsp3) is 0.263. The molecule has 1 unspecified atom stereocenters. The molecule has 0 bridgehead atoms. The van der Waals surface area contributed by atoms with E-state index in [2.05, 4.69) is 15.4 Å². The van der Waals surface area contributed by atoms with Crippen LogP contribution in [0.5, 0.6) is 0 Å². The summed E-state index contributed by atoms with van der Waals surface area (Å²) in [6.07, 6.45) is 0.428. The van der Waals surface area contributed by atoms with Crippen LogP contribution < -0.4 is 15.4 Å². The summed E-state index contributed by atoms with van der Waals surface area (Å²) in [4.78, 5) is 24.8. The number of halogens is 2. The maximum atomic E-state index is 13.6. The molecule has 0 aliphatic rings. The first-order valence-electron chi connectivity index (χ1n) is 8.74. The molecular weight excluding hydrogens is 404 g/mol. The van der Waals surface area contributed by atoms with E-state index in [-0.39, 0.29) is 22.6 Å². The van der Waals surface area contributed by atoms with Gasteiger partial charge in [-0.15, -0.1) is 0 Å². The van der Waals surface area contributed by atoms with Crippen LogP contribution in [-0.2, 0) is 14.8 Å². The van der Waals surface area contributed by atoms with Gasteiger partial charge in [-0.2, -0.15) is 0 Å². The third-order valence-electron chi connectivity index (χ3n) is 3.93. The van der Waals surface area contributed by atoms with Gasteiger partial charge in [0, 0.05) is 18.3 Å². The van der Waals surface area contributed by atoms with Crippen molar-refractivity contribution in [2.75, 3.05) is 17.5 Å². The molecule has 0 radical (unpaired) electrons. The van der Waals surface area contributed by atoms with Crippen molar-refractivity contribution < 1.29 is 26.8 Å². The first-order valence-corrected chi connectivity index (χ1v) is 10.4. The second-order valence-electron chi connectivity index (χ2n) is 6.20. The number of carbonyl (C=O) groups is 2. The summed E-state index contributed by atoms with van der Waals surface area (Å²) in [6, 6.07) is 7.30. The molecule has 0 saturated carbocycles. The number of carbonyl (C=O) groups excluding carboxylic acids is 2. The zero-order valence-corrected chi connectivity index (χ0v) is 16.6. The van der Waals surface area contributed by atoms with Crippen LogP contribution in [0.15, 0.2) is 42.5 Å².